The first-order chi connectivity index (χ1) is 8.06. The van der Waals surface area contributed by atoms with Gasteiger partial charge in [-0.1, -0.05) is 13.3 Å². The van der Waals surface area contributed by atoms with Crippen molar-refractivity contribution in [3.8, 4) is 0 Å². The number of hydrogen-bond donors (Lipinski definition) is 2. The molecule has 1 atom stereocenters. The first-order valence-corrected chi connectivity index (χ1v) is 5.88. The highest BCUT2D eigenvalue weighted by atomic mass is 16.2. The highest BCUT2D eigenvalue weighted by Gasteiger charge is 2.16. The molecule has 1 rings (SSSR count). The molecule has 0 aromatic carbocycles. The van der Waals surface area contributed by atoms with E-state index in [1.807, 2.05) is 14.1 Å². The van der Waals surface area contributed by atoms with E-state index in [9.17, 15) is 4.79 Å². The lowest BCUT2D eigenvalue weighted by atomic mass is 10.1. The van der Waals surface area contributed by atoms with Crippen LogP contribution in [-0.2, 0) is 0 Å². The Labute approximate surface area is 102 Å². The van der Waals surface area contributed by atoms with Crippen molar-refractivity contribution < 1.29 is 4.79 Å². The largest absolute Gasteiger partial charge is 0.349 e. The molecule has 0 aliphatic rings. The summed E-state index contributed by atoms with van der Waals surface area (Å²) in [5, 5.41) is 13.0. The summed E-state index contributed by atoms with van der Waals surface area (Å²) in [5.74, 6) is -0.167. The van der Waals surface area contributed by atoms with E-state index in [4.69, 9.17) is 0 Å². The monoisotopic (exact) mass is 239 g/mol. The molecular formula is C11H21N5O. The van der Waals surface area contributed by atoms with Gasteiger partial charge in [0.15, 0.2) is 5.69 Å². The molecule has 1 aromatic rings. The van der Waals surface area contributed by atoms with Gasteiger partial charge in [0.25, 0.3) is 5.91 Å². The van der Waals surface area contributed by atoms with Crippen molar-refractivity contribution in [2.24, 2.45) is 0 Å². The SMILES string of the molecule is CCC[C@H](CNC(=O)c1n[nH]nc1C)N(C)C. The molecule has 1 aromatic heterocycles. The van der Waals surface area contributed by atoms with Gasteiger partial charge < -0.3 is 10.2 Å². The summed E-state index contributed by atoms with van der Waals surface area (Å²) in [5.41, 5.74) is 0.999. The third-order valence-corrected chi connectivity index (χ3v) is 2.79. The van der Waals surface area contributed by atoms with Crippen molar-refractivity contribution >= 4 is 5.91 Å². The van der Waals surface area contributed by atoms with Gasteiger partial charge in [-0.2, -0.15) is 15.4 Å². The van der Waals surface area contributed by atoms with Gasteiger partial charge >= 0.3 is 0 Å². The Morgan fingerprint density at radius 2 is 2.18 bits per heavy atom. The van der Waals surface area contributed by atoms with Crippen molar-refractivity contribution in [1.29, 1.82) is 0 Å². The van der Waals surface area contributed by atoms with Gasteiger partial charge in [0.1, 0.15) is 0 Å². The van der Waals surface area contributed by atoms with E-state index in [1.54, 1.807) is 6.92 Å². The third kappa shape index (κ3) is 3.81. The minimum Gasteiger partial charge on any atom is -0.349 e. The average molecular weight is 239 g/mol. The number of amides is 1. The van der Waals surface area contributed by atoms with Gasteiger partial charge in [0, 0.05) is 12.6 Å². The molecule has 0 saturated carbocycles. The summed E-state index contributed by atoms with van der Waals surface area (Å²) < 4.78 is 0. The first kappa shape index (κ1) is 13.6. The molecule has 0 spiro atoms. The standard InChI is InChI=1S/C11H21N5O/c1-5-6-9(16(3)4)7-12-11(17)10-8(2)13-15-14-10/h9H,5-7H2,1-4H3,(H,12,17)(H,13,14,15)/t9-/m1/s1. The van der Waals surface area contributed by atoms with Gasteiger partial charge in [-0.15, -0.1) is 0 Å². The van der Waals surface area contributed by atoms with Crippen molar-refractivity contribution in [3.63, 3.8) is 0 Å². The van der Waals surface area contributed by atoms with E-state index in [0.717, 1.165) is 12.8 Å². The number of aromatic nitrogens is 3. The smallest absolute Gasteiger partial charge is 0.273 e. The van der Waals surface area contributed by atoms with Crippen LogP contribution in [0.4, 0.5) is 0 Å². The van der Waals surface area contributed by atoms with Crippen LogP contribution in [0.25, 0.3) is 0 Å². The zero-order valence-electron chi connectivity index (χ0n) is 10.9. The van der Waals surface area contributed by atoms with Crippen LogP contribution in [0, 0.1) is 6.92 Å². The van der Waals surface area contributed by atoms with Crippen LogP contribution in [0.3, 0.4) is 0 Å². The molecular weight excluding hydrogens is 218 g/mol. The van der Waals surface area contributed by atoms with Crippen LogP contribution in [0.1, 0.15) is 35.9 Å². The first-order valence-electron chi connectivity index (χ1n) is 5.88. The fraction of sp³-hybridized carbons (Fsp3) is 0.727. The van der Waals surface area contributed by atoms with Crippen LogP contribution >= 0.6 is 0 Å². The average Bonchev–Trinajstić information content (AvgIpc) is 2.69. The minimum atomic E-state index is -0.167. The molecule has 1 heterocycles. The topological polar surface area (TPSA) is 73.9 Å². The Balaban J connectivity index is 2.49. The van der Waals surface area contributed by atoms with Crippen LogP contribution in [0.15, 0.2) is 0 Å². The van der Waals surface area contributed by atoms with E-state index >= 15 is 0 Å². The Morgan fingerprint density at radius 1 is 1.47 bits per heavy atom. The minimum absolute atomic E-state index is 0.167. The van der Waals surface area contributed by atoms with Crippen LogP contribution in [0.2, 0.25) is 0 Å². The van der Waals surface area contributed by atoms with Crippen molar-refractivity contribution in [3.05, 3.63) is 11.4 Å². The number of aromatic amines is 1. The number of nitrogens with one attached hydrogen (secondary N) is 2. The highest BCUT2D eigenvalue weighted by molar-refractivity contribution is 5.93. The van der Waals surface area contributed by atoms with E-state index in [2.05, 4.69) is 32.6 Å². The lowest BCUT2D eigenvalue weighted by molar-refractivity contribution is 0.0935. The predicted molar refractivity (Wildman–Crippen MR) is 65.8 cm³/mol. The number of carbonyl (C=O) groups is 1. The van der Waals surface area contributed by atoms with Gasteiger partial charge in [-0.3, -0.25) is 4.79 Å². The number of likely N-dealkylation sites (N-methyl/N-ethyl adjacent to an activating group) is 1. The number of nitrogens with zero attached hydrogens (tertiary/aromatic N) is 3. The van der Waals surface area contributed by atoms with Gasteiger partial charge in [-0.05, 0) is 27.4 Å². The van der Waals surface area contributed by atoms with Gasteiger partial charge in [0.05, 0.1) is 5.69 Å². The normalized spacial score (nSPS) is 12.8. The fourth-order valence-corrected chi connectivity index (χ4v) is 1.67. The molecule has 0 aliphatic carbocycles. The second-order valence-corrected chi connectivity index (χ2v) is 4.37. The number of aryl methyl sites for hydroxylation is 1. The van der Waals surface area contributed by atoms with Crippen LogP contribution in [0.5, 0.6) is 0 Å². The predicted octanol–water partition coefficient (Wildman–Crippen LogP) is 0.573. The second kappa shape index (κ2) is 6.34. The van der Waals surface area contributed by atoms with Gasteiger partial charge in [-0.25, -0.2) is 0 Å². The summed E-state index contributed by atoms with van der Waals surface area (Å²) in [6.45, 7) is 4.53. The van der Waals surface area contributed by atoms with Gasteiger partial charge in [0.2, 0.25) is 0 Å². The molecule has 6 heteroatoms. The molecule has 0 radical (unpaired) electrons. The van der Waals surface area contributed by atoms with Crippen LogP contribution < -0.4 is 5.32 Å². The maximum absolute atomic E-state index is 11.8. The number of carbonyl (C=O) groups excluding carboxylic acids is 1. The summed E-state index contributed by atoms with van der Waals surface area (Å²) >= 11 is 0. The molecule has 17 heavy (non-hydrogen) atoms. The van der Waals surface area contributed by atoms with E-state index in [-0.39, 0.29) is 5.91 Å². The second-order valence-electron chi connectivity index (χ2n) is 4.37. The molecule has 0 unspecified atom stereocenters. The Hall–Kier alpha value is -1.43. The molecule has 0 bridgehead atoms. The quantitative estimate of drug-likeness (QED) is 0.761. The summed E-state index contributed by atoms with van der Waals surface area (Å²) in [7, 11) is 4.04. The van der Waals surface area contributed by atoms with E-state index in [0.29, 0.717) is 24.0 Å². The molecule has 0 fully saturated rings. The summed E-state index contributed by atoms with van der Waals surface area (Å²) in [6, 6.07) is 0.358. The Morgan fingerprint density at radius 3 is 2.65 bits per heavy atom. The number of hydrogen-bond acceptors (Lipinski definition) is 4. The van der Waals surface area contributed by atoms with Crippen molar-refractivity contribution in [2.75, 3.05) is 20.6 Å². The lowest BCUT2D eigenvalue weighted by Gasteiger charge is -2.23. The maximum atomic E-state index is 11.8. The van der Waals surface area contributed by atoms with E-state index in [1.165, 1.54) is 0 Å². The van der Waals surface area contributed by atoms with Crippen molar-refractivity contribution in [2.45, 2.75) is 32.7 Å². The third-order valence-electron chi connectivity index (χ3n) is 2.79. The van der Waals surface area contributed by atoms with E-state index < -0.39 is 0 Å². The van der Waals surface area contributed by atoms with Crippen molar-refractivity contribution in [1.82, 2.24) is 25.6 Å². The zero-order chi connectivity index (χ0) is 12.8. The highest BCUT2D eigenvalue weighted by Crippen LogP contribution is 2.03. The molecule has 6 nitrogen and oxygen atoms in total. The maximum Gasteiger partial charge on any atom is 0.273 e. The number of rotatable bonds is 6. The molecule has 0 saturated heterocycles. The summed E-state index contributed by atoms with van der Waals surface area (Å²) in [6.07, 6.45) is 2.16. The fourth-order valence-electron chi connectivity index (χ4n) is 1.67. The number of H-pyrrole nitrogens is 1. The lowest BCUT2D eigenvalue weighted by Crippen LogP contribution is -2.40. The molecule has 96 valence electrons. The Bertz CT molecular complexity index is 360. The molecule has 2 N–H and O–H groups in total. The Kier molecular flexibility index (Phi) is 5.09. The summed E-state index contributed by atoms with van der Waals surface area (Å²) in [4.78, 5) is 13.9. The molecule has 1 amide bonds. The van der Waals surface area contributed by atoms with Crippen LogP contribution in [-0.4, -0.2) is 52.9 Å². The zero-order valence-corrected chi connectivity index (χ0v) is 10.9. The molecule has 0 aliphatic heterocycles.